The third-order valence-electron chi connectivity index (χ3n) is 4.31. The van der Waals surface area contributed by atoms with Crippen LogP contribution in [0.25, 0.3) is 0 Å². The number of nitrogens with one attached hydrogen (secondary N) is 2. The lowest BCUT2D eigenvalue weighted by Gasteiger charge is -2.17. The van der Waals surface area contributed by atoms with Crippen LogP contribution in [-0.2, 0) is 19.4 Å². The van der Waals surface area contributed by atoms with Gasteiger partial charge < -0.3 is 20.0 Å². The third-order valence-corrected chi connectivity index (χ3v) is 6.38. The van der Waals surface area contributed by atoms with E-state index in [-0.39, 0.29) is 17.2 Å². The van der Waals surface area contributed by atoms with E-state index < -0.39 is 26.9 Å². The quantitative estimate of drug-likeness (QED) is 0.466. The Morgan fingerprint density at radius 1 is 1.07 bits per heavy atom. The smallest absolute Gasteiger partial charge is 0.309 e. The molecule has 2 rings (SSSR count). The molecule has 158 valence electrons. The zero-order chi connectivity index (χ0) is 21.4. The molecule has 0 spiro atoms. The fourth-order valence-electron chi connectivity index (χ4n) is 2.67. The molecule has 0 aliphatic heterocycles. The van der Waals surface area contributed by atoms with Crippen LogP contribution in [0.4, 0.5) is 0 Å². The minimum absolute atomic E-state index is 0.117. The summed E-state index contributed by atoms with van der Waals surface area (Å²) in [5.74, 6) is -1.49. The van der Waals surface area contributed by atoms with Crippen LogP contribution in [0.5, 0.6) is 0 Å². The Morgan fingerprint density at radius 3 is 2.31 bits per heavy atom. The molecule has 2 N–H and O–H groups in total. The Bertz CT molecular complexity index is 906. The molecule has 0 saturated heterocycles. The molecule has 0 saturated carbocycles. The van der Waals surface area contributed by atoms with E-state index in [2.05, 4.69) is 10.6 Å². The number of carbonyl (C=O) groups excluding carboxylic acids is 2. The maximum Gasteiger partial charge on any atom is 0.309 e. The van der Waals surface area contributed by atoms with Crippen LogP contribution in [-0.4, -0.2) is 58.9 Å². The number of hydrogen-bond acceptors (Lipinski definition) is 6. The first-order chi connectivity index (χ1) is 13.7. The van der Waals surface area contributed by atoms with Crippen LogP contribution >= 0.6 is 0 Å². The maximum absolute atomic E-state index is 13.1. The van der Waals surface area contributed by atoms with Crippen LogP contribution in [0.2, 0.25) is 0 Å². The predicted octanol–water partition coefficient (Wildman–Crippen LogP) is 1.29. The van der Waals surface area contributed by atoms with Crippen LogP contribution < -0.4 is 10.6 Å². The van der Waals surface area contributed by atoms with Crippen molar-refractivity contribution in [1.82, 2.24) is 15.5 Å². The molecular weight excluding hydrogens is 394 g/mol. The Balaban J connectivity index is 2.05. The SMILES string of the molecule is Cc1ccc(S(=O)(=O)C(CNC(=O)C(=O)NCCCN(C)C)c2ccco2)cc1. The first kappa shape index (κ1) is 22.6. The molecule has 0 bridgehead atoms. The zero-order valence-corrected chi connectivity index (χ0v) is 17.7. The summed E-state index contributed by atoms with van der Waals surface area (Å²) in [5.41, 5.74) is 0.928. The van der Waals surface area contributed by atoms with E-state index in [0.717, 1.165) is 12.1 Å². The first-order valence-electron chi connectivity index (χ1n) is 9.26. The van der Waals surface area contributed by atoms with Crippen molar-refractivity contribution in [3.05, 3.63) is 54.0 Å². The Hall–Kier alpha value is -2.65. The van der Waals surface area contributed by atoms with Gasteiger partial charge in [0.25, 0.3) is 0 Å². The first-order valence-corrected chi connectivity index (χ1v) is 10.8. The summed E-state index contributed by atoms with van der Waals surface area (Å²) in [6, 6.07) is 9.54. The average molecular weight is 422 g/mol. The van der Waals surface area contributed by atoms with Crippen LogP contribution in [0, 0.1) is 6.92 Å². The minimum atomic E-state index is -3.84. The van der Waals surface area contributed by atoms with E-state index in [1.165, 1.54) is 24.5 Å². The molecule has 1 aromatic carbocycles. The van der Waals surface area contributed by atoms with E-state index in [0.29, 0.717) is 13.0 Å². The monoisotopic (exact) mass is 421 g/mol. The lowest BCUT2D eigenvalue weighted by atomic mass is 10.2. The predicted molar refractivity (Wildman–Crippen MR) is 109 cm³/mol. The third kappa shape index (κ3) is 6.43. The van der Waals surface area contributed by atoms with Crippen molar-refractivity contribution in [3.8, 4) is 0 Å². The van der Waals surface area contributed by atoms with Crippen LogP contribution in [0.3, 0.4) is 0 Å². The molecule has 0 fully saturated rings. The second kappa shape index (κ2) is 10.2. The van der Waals surface area contributed by atoms with Gasteiger partial charge in [-0.05, 0) is 58.3 Å². The van der Waals surface area contributed by atoms with Gasteiger partial charge in [-0.25, -0.2) is 8.42 Å². The highest BCUT2D eigenvalue weighted by Gasteiger charge is 2.32. The fourth-order valence-corrected chi connectivity index (χ4v) is 4.26. The van der Waals surface area contributed by atoms with Crippen molar-refractivity contribution in [3.63, 3.8) is 0 Å². The van der Waals surface area contributed by atoms with Gasteiger partial charge in [-0.1, -0.05) is 17.7 Å². The van der Waals surface area contributed by atoms with Crippen molar-refractivity contribution in [2.75, 3.05) is 33.7 Å². The van der Waals surface area contributed by atoms with Gasteiger partial charge >= 0.3 is 11.8 Å². The highest BCUT2D eigenvalue weighted by molar-refractivity contribution is 7.91. The lowest BCUT2D eigenvalue weighted by Crippen LogP contribution is -2.42. The van der Waals surface area contributed by atoms with Gasteiger partial charge in [-0.15, -0.1) is 0 Å². The van der Waals surface area contributed by atoms with Crippen molar-refractivity contribution < 1.29 is 22.4 Å². The van der Waals surface area contributed by atoms with Gasteiger partial charge in [-0.3, -0.25) is 9.59 Å². The highest BCUT2D eigenvalue weighted by Crippen LogP contribution is 2.29. The van der Waals surface area contributed by atoms with E-state index in [1.807, 2.05) is 25.9 Å². The molecule has 0 radical (unpaired) electrons. The van der Waals surface area contributed by atoms with Gasteiger partial charge in [-0.2, -0.15) is 0 Å². The van der Waals surface area contributed by atoms with E-state index in [4.69, 9.17) is 4.42 Å². The summed E-state index contributed by atoms with van der Waals surface area (Å²) in [4.78, 5) is 26.1. The molecule has 2 amide bonds. The Kier molecular flexibility index (Phi) is 7.98. The van der Waals surface area contributed by atoms with Gasteiger partial charge in [0, 0.05) is 13.1 Å². The van der Waals surface area contributed by atoms with E-state index >= 15 is 0 Å². The number of sulfone groups is 1. The van der Waals surface area contributed by atoms with E-state index in [9.17, 15) is 18.0 Å². The molecule has 1 unspecified atom stereocenters. The number of carbonyl (C=O) groups is 2. The van der Waals surface area contributed by atoms with Crippen molar-refractivity contribution in [2.24, 2.45) is 0 Å². The normalized spacial score (nSPS) is 12.6. The minimum Gasteiger partial charge on any atom is -0.468 e. The standard InChI is InChI=1S/C20H27N3O5S/c1-15-7-9-16(10-8-15)29(26,27)18(17-6-4-13-28-17)14-22-20(25)19(24)21-11-5-12-23(2)3/h4,6-10,13,18H,5,11-12,14H2,1-3H3,(H,21,24)(H,22,25). The number of aryl methyl sites for hydroxylation is 1. The number of rotatable bonds is 9. The molecule has 0 aliphatic carbocycles. The number of amides is 2. The topological polar surface area (TPSA) is 109 Å². The molecule has 8 nitrogen and oxygen atoms in total. The molecular formula is C20H27N3O5S. The van der Waals surface area contributed by atoms with Gasteiger partial charge in [0.2, 0.25) is 0 Å². The highest BCUT2D eigenvalue weighted by atomic mass is 32.2. The molecule has 1 atom stereocenters. The summed E-state index contributed by atoms with van der Waals surface area (Å²) in [5, 5.41) is 3.78. The van der Waals surface area contributed by atoms with Crippen LogP contribution in [0.15, 0.2) is 52.0 Å². The zero-order valence-electron chi connectivity index (χ0n) is 16.8. The molecule has 9 heteroatoms. The van der Waals surface area contributed by atoms with Crippen LogP contribution in [0.1, 0.15) is 23.0 Å². The van der Waals surface area contributed by atoms with Gasteiger partial charge in [0.05, 0.1) is 11.2 Å². The number of benzene rings is 1. The number of nitrogens with zero attached hydrogens (tertiary/aromatic N) is 1. The fraction of sp³-hybridized carbons (Fsp3) is 0.400. The second-order valence-electron chi connectivity index (χ2n) is 6.98. The average Bonchev–Trinajstić information content (AvgIpc) is 3.19. The van der Waals surface area contributed by atoms with Crippen molar-refractivity contribution in [2.45, 2.75) is 23.5 Å². The largest absolute Gasteiger partial charge is 0.468 e. The summed E-state index contributed by atoms with van der Waals surface area (Å²) in [7, 11) is -0.00933. The maximum atomic E-state index is 13.1. The van der Waals surface area contributed by atoms with Crippen molar-refractivity contribution >= 4 is 21.7 Å². The van der Waals surface area contributed by atoms with Gasteiger partial charge in [0.15, 0.2) is 9.84 Å². The molecule has 29 heavy (non-hydrogen) atoms. The van der Waals surface area contributed by atoms with E-state index in [1.54, 1.807) is 18.2 Å². The second-order valence-corrected chi connectivity index (χ2v) is 9.12. The Labute approximate surface area is 171 Å². The summed E-state index contributed by atoms with van der Waals surface area (Å²) in [6.45, 7) is 2.70. The molecule has 1 aromatic heterocycles. The number of hydrogen-bond donors (Lipinski definition) is 2. The summed E-state index contributed by atoms with van der Waals surface area (Å²) >= 11 is 0. The van der Waals surface area contributed by atoms with Gasteiger partial charge in [0.1, 0.15) is 11.0 Å². The lowest BCUT2D eigenvalue weighted by molar-refractivity contribution is -0.139. The number of furan rings is 1. The molecule has 1 heterocycles. The molecule has 0 aliphatic rings. The Morgan fingerprint density at radius 2 is 1.72 bits per heavy atom. The molecule has 2 aromatic rings. The van der Waals surface area contributed by atoms with Crippen molar-refractivity contribution in [1.29, 1.82) is 0 Å². The summed E-state index contributed by atoms with van der Waals surface area (Å²) in [6.07, 6.45) is 2.06. The summed E-state index contributed by atoms with van der Waals surface area (Å²) < 4.78 is 31.5.